The predicted octanol–water partition coefficient (Wildman–Crippen LogP) is 7.07. The summed E-state index contributed by atoms with van der Waals surface area (Å²) in [6.45, 7) is 10.5. The van der Waals surface area contributed by atoms with Crippen LogP contribution in [0.25, 0.3) is 16.5 Å². The number of amides is 1. The lowest BCUT2D eigenvalue weighted by Crippen LogP contribution is -2.28. The van der Waals surface area contributed by atoms with Crippen LogP contribution >= 0.6 is 0 Å². The van der Waals surface area contributed by atoms with Crippen molar-refractivity contribution in [2.75, 3.05) is 6.61 Å². The molecule has 4 nitrogen and oxygen atoms in total. The minimum Gasteiger partial charge on any atom is -0.493 e. The number of nitrogens with one attached hydrogen (secondary N) is 1. The predicted molar refractivity (Wildman–Crippen MR) is 138 cm³/mol. The summed E-state index contributed by atoms with van der Waals surface area (Å²) in [5, 5.41) is 4.24. The Morgan fingerprint density at radius 1 is 0.971 bits per heavy atom. The molecule has 1 N–H and O–H groups in total. The van der Waals surface area contributed by atoms with Crippen LogP contribution in [0.1, 0.15) is 53.5 Å². The normalized spacial score (nSPS) is 11.8. The van der Waals surface area contributed by atoms with Crippen LogP contribution in [0.15, 0.2) is 77.2 Å². The van der Waals surface area contributed by atoms with Gasteiger partial charge in [0, 0.05) is 22.6 Å². The van der Waals surface area contributed by atoms with Crippen molar-refractivity contribution in [2.24, 2.45) is 0 Å². The second-order valence-electron chi connectivity index (χ2n) is 8.56. The number of aryl methyl sites for hydroxylation is 3. The molecule has 0 fully saturated rings. The number of rotatable bonds is 7. The van der Waals surface area contributed by atoms with Crippen molar-refractivity contribution in [3.63, 3.8) is 0 Å². The Kier molecular flexibility index (Phi) is 6.87. The van der Waals surface area contributed by atoms with E-state index >= 15 is 0 Å². The molecule has 0 bridgehead atoms. The number of ether oxygens (including phenoxy) is 1. The molecule has 0 atom stereocenters. The molecule has 0 aliphatic rings. The van der Waals surface area contributed by atoms with Crippen LogP contribution in [0.3, 0.4) is 0 Å². The maximum atomic E-state index is 13.2. The quantitative estimate of drug-likeness (QED) is 0.305. The molecular formula is C30H31NO3. The molecule has 0 saturated heterocycles. The van der Waals surface area contributed by atoms with E-state index < -0.39 is 0 Å². The molecule has 0 unspecified atom stereocenters. The fraction of sp³-hybridized carbons (Fsp3) is 0.233. The number of carbonyl (C=O) groups excluding carboxylic acids is 1. The van der Waals surface area contributed by atoms with Gasteiger partial charge in [-0.2, -0.15) is 0 Å². The number of allylic oxidation sites excluding steroid dienone is 1. The summed E-state index contributed by atoms with van der Waals surface area (Å²) in [5.41, 5.74) is 6.70. The van der Waals surface area contributed by atoms with Crippen molar-refractivity contribution < 1.29 is 13.9 Å². The molecule has 0 saturated carbocycles. The Bertz CT molecular complexity index is 1290. The van der Waals surface area contributed by atoms with E-state index in [1.807, 2.05) is 88.4 Å². The standard InChI is InChI=1S/C30H31NO3/c1-6-33-29-21(4)30-26(20(3)22(5)34-30)18-25(29)19(2)17-27(32)31-28(23-13-9-7-10-14-23)24-15-11-8-12-16-24/h7-18,28H,6H2,1-5H3,(H,31,32)/b19-17+. The summed E-state index contributed by atoms with van der Waals surface area (Å²) in [4.78, 5) is 13.2. The number of hydrogen-bond acceptors (Lipinski definition) is 3. The van der Waals surface area contributed by atoms with Gasteiger partial charge in [-0.15, -0.1) is 0 Å². The summed E-state index contributed by atoms with van der Waals surface area (Å²) >= 11 is 0. The van der Waals surface area contributed by atoms with E-state index in [1.165, 1.54) is 0 Å². The Balaban J connectivity index is 1.72. The molecule has 1 amide bonds. The number of carbonyl (C=O) groups is 1. The average Bonchev–Trinajstić information content (AvgIpc) is 3.14. The molecule has 1 aromatic heterocycles. The van der Waals surface area contributed by atoms with Crippen LogP contribution < -0.4 is 10.1 Å². The lowest BCUT2D eigenvalue weighted by atomic mass is 9.97. The van der Waals surface area contributed by atoms with Crippen molar-refractivity contribution in [2.45, 2.75) is 40.7 Å². The van der Waals surface area contributed by atoms with E-state index in [0.717, 1.165) is 55.9 Å². The van der Waals surface area contributed by atoms with E-state index in [-0.39, 0.29) is 11.9 Å². The maximum Gasteiger partial charge on any atom is 0.245 e. The first-order valence-electron chi connectivity index (χ1n) is 11.7. The molecule has 4 aromatic rings. The Labute approximate surface area is 201 Å². The fourth-order valence-electron chi connectivity index (χ4n) is 4.34. The Morgan fingerprint density at radius 3 is 2.12 bits per heavy atom. The molecule has 0 aliphatic carbocycles. The molecule has 174 valence electrons. The topological polar surface area (TPSA) is 51.5 Å². The van der Waals surface area contributed by atoms with Gasteiger partial charge >= 0.3 is 0 Å². The second-order valence-corrected chi connectivity index (χ2v) is 8.56. The van der Waals surface area contributed by atoms with Gasteiger partial charge in [0.2, 0.25) is 5.91 Å². The molecule has 1 heterocycles. The molecule has 34 heavy (non-hydrogen) atoms. The highest BCUT2D eigenvalue weighted by molar-refractivity contribution is 5.98. The first-order valence-corrected chi connectivity index (χ1v) is 11.7. The monoisotopic (exact) mass is 453 g/mol. The number of hydrogen-bond donors (Lipinski definition) is 1. The maximum absolute atomic E-state index is 13.2. The van der Waals surface area contributed by atoms with Gasteiger partial charge in [-0.1, -0.05) is 60.7 Å². The van der Waals surface area contributed by atoms with Crippen LogP contribution in [0, 0.1) is 20.8 Å². The van der Waals surface area contributed by atoms with Gasteiger partial charge in [-0.25, -0.2) is 0 Å². The van der Waals surface area contributed by atoms with Gasteiger partial charge in [-0.05, 0) is 62.9 Å². The van der Waals surface area contributed by atoms with Crippen LogP contribution in [0.2, 0.25) is 0 Å². The molecule has 0 radical (unpaired) electrons. The SMILES string of the molecule is CCOc1c(/C(C)=C/C(=O)NC(c2ccccc2)c2ccccc2)cc2c(C)c(C)oc2c1C. The van der Waals surface area contributed by atoms with Gasteiger partial charge in [0.1, 0.15) is 17.1 Å². The van der Waals surface area contributed by atoms with Gasteiger partial charge in [-0.3, -0.25) is 4.79 Å². The highest BCUT2D eigenvalue weighted by atomic mass is 16.5. The third-order valence-corrected chi connectivity index (χ3v) is 6.26. The number of fused-ring (bicyclic) bond motifs is 1. The van der Waals surface area contributed by atoms with Crippen molar-refractivity contribution in [1.29, 1.82) is 0 Å². The summed E-state index contributed by atoms with van der Waals surface area (Å²) < 4.78 is 12.0. The lowest BCUT2D eigenvalue weighted by Gasteiger charge is -2.19. The van der Waals surface area contributed by atoms with E-state index in [1.54, 1.807) is 6.08 Å². The zero-order valence-electron chi connectivity index (χ0n) is 20.4. The highest BCUT2D eigenvalue weighted by Gasteiger charge is 2.20. The zero-order chi connectivity index (χ0) is 24.2. The minimum atomic E-state index is -0.242. The van der Waals surface area contributed by atoms with Gasteiger partial charge in [0.25, 0.3) is 0 Å². The first kappa shape index (κ1) is 23.4. The smallest absolute Gasteiger partial charge is 0.245 e. The number of benzene rings is 3. The van der Waals surface area contributed by atoms with Crippen molar-refractivity contribution in [1.82, 2.24) is 5.32 Å². The van der Waals surface area contributed by atoms with Gasteiger partial charge in [0.15, 0.2) is 0 Å². The van der Waals surface area contributed by atoms with E-state index in [2.05, 4.69) is 18.3 Å². The van der Waals surface area contributed by atoms with E-state index in [9.17, 15) is 4.79 Å². The Hall–Kier alpha value is -3.79. The van der Waals surface area contributed by atoms with Gasteiger partial charge in [0.05, 0.1) is 12.6 Å². The molecule has 0 spiro atoms. The molecule has 3 aromatic carbocycles. The molecular weight excluding hydrogens is 422 g/mol. The second kappa shape index (κ2) is 10.0. The fourth-order valence-corrected chi connectivity index (χ4v) is 4.34. The lowest BCUT2D eigenvalue weighted by molar-refractivity contribution is -0.116. The first-order chi connectivity index (χ1) is 16.4. The van der Waals surface area contributed by atoms with Crippen LogP contribution in [0.5, 0.6) is 5.75 Å². The van der Waals surface area contributed by atoms with Crippen molar-refractivity contribution in [3.05, 3.63) is 106 Å². The summed E-state index contributed by atoms with van der Waals surface area (Å²) in [6, 6.07) is 21.9. The molecule has 4 heteroatoms. The number of furan rings is 1. The zero-order valence-corrected chi connectivity index (χ0v) is 20.4. The van der Waals surface area contributed by atoms with Crippen LogP contribution in [0.4, 0.5) is 0 Å². The average molecular weight is 454 g/mol. The third-order valence-electron chi connectivity index (χ3n) is 6.26. The van der Waals surface area contributed by atoms with Crippen molar-refractivity contribution in [3.8, 4) is 5.75 Å². The van der Waals surface area contributed by atoms with E-state index in [4.69, 9.17) is 9.15 Å². The van der Waals surface area contributed by atoms with E-state index in [0.29, 0.717) is 6.61 Å². The van der Waals surface area contributed by atoms with Gasteiger partial charge < -0.3 is 14.5 Å². The van der Waals surface area contributed by atoms with Crippen LogP contribution in [-0.4, -0.2) is 12.5 Å². The van der Waals surface area contributed by atoms with Crippen LogP contribution in [-0.2, 0) is 4.79 Å². The molecule has 0 aliphatic heterocycles. The molecule has 4 rings (SSSR count). The van der Waals surface area contributed by atoms with Crippen molar-refractivity contribution >= 4 is 22.4 Å². The largest absolute Gasteiger partial charge is 0.493 e. The third kappa shape index (κ3) is 4.62. The summed E-state index contributed by atoms with van der Waals surface area (Å²) in [5.74, 6) is 1.49. The summed E-state index contributed by atoms with van der Waals surface area (Å²) in [6.07, 6.45) is 1.66. The Morgan fingerprint density at radius 2 is 1.56 bits per heavy atom. The summed E-state index contributed by atoms with van der Waals surface area (Å²) in [7, 11) is 0. The highest BCUT2D eigenvalue weighted by Crippen LogP contribution is 2.39. The minimum absolute atomic E-state index is 0.157.